The number of phosphoric ester groups is 2. The molecule has 98 heavy (non-hydrogen) atoms. The van der Waals surface area contributed by atoms with Crippen LogP contribution in [-0.4, -0.2) is 96.7 Å². The second-order valence-electron chi connectivity index (χ2n) is 26.3. The van der Waals surface area contributed by atoms with Gasteiger partial charge in [0.15, 0.2) is 12.2 Å². The molecule has 0 aliphatic carbocycles. The van der Waals surface area contributed by atoms with Gasteiger partial charge in [-0.25, -0.2) is 9.13 Å². The molecule has 0 saturated carbocycles. The summed E-state index contributed by atoms with van der Waals surface area (Å²) in [5.74, 6) is -2.19. The van der Waals surface area contributed by atoms with Gasteiger partial charge in [0.05, 0.1) is 26.4 Å². The molecule has 0 amide bonds. The van der Waals surface area contributed by atoms with E-state index >= 15 is 0 Å². The second-order valence-corrected chi connectivity index (χ2v) is 29.2. The molecule has 0 aromatic rings. The first-order chi connectivity index (χ1) is 47.7. The van der Waals surface area contributed by atoms with E-state index in [2.05, 4.69) is 101 Å². The minimum absolute atomic E-state index is 0.0776. The number of carbonyl (C=O) groups excluding carboxylic acids is 4. The summed E-state index contributed by atoms with van der Waals surface area (Å²) in [5, 5.41) is 10.6. The van der Waals surface area contributed by atoms with Gasteiger partial charge in [0.1, 0.15) is 19.3 Å². The number of aliphatic hydroxyl groups excluding tert-OH is 1. The maximum absolute atomic E-state index is 13.1. The van der Waals surface area contributed by atoms with Crippen molar-refractivity contribution in [3.8, 4) is 0 Å². The predicted octanol–water partition coefficient (Wildman–Crippen LogP) is 22.4. The lowest BCUT2D eigenvalue weighted by atomic mass is 10.0. The topological polar surface area (TPSA) is 237 Å². The van der Waals surface area contributed by atoms with Crippen LogP contribution in [0.25, 0.3) is 0 Å². The predicted molar refractivity (Wildman–Crippen MR) is 400 cm³/mol. The first-order valence-electron chi connectivity index (χ1n) is 39.2. The summed E-state index contributed by atoms with van der Waals surface area (Å²) >= 11 is 0. The van der Waals surface area contributed by atoms with E-state index in [9.17, 15) is 43.2 Å². The molecule has 19 heteroatoms. The van der Waals surface area contributed by atoms with Gasteiger partial charge in [-0.15, -0.1) is 0 Å². The fourth-order valence-corrected chi connectivity index (χ4v) is 12.2. The number of aliphatic hydroxyl groups is 1. The average molecular weight is 1430 g/mol. The van der Waals surface area contributed by atoms with Crippen LogP contribution >= 0.6 is 15.6 Å². The molecule has 0 aromatic carbocycles. The van der Waals surface area contributed by atoms with Crippen LogP contribution < -0.4 is 0 Å². The molecule has 0 fully saturated rings. The molecular weight excluding hydrogens is 1280 g/mol. The molecule has 0 bridgehead atoms. The summed E-state index contributed by atoms with van der Waals surface area (Å²) in [6.45, 7) is 4.75. The normalized spacial score (nSPS) is 14.3. The van der Waals surface area contributed by atoms with Crippen molar-refractivity contribution >= 4 is 39.5 Å². The van der Waals surface area contributed by atoms with Gasteiger partial charge in [-0.2, -0.15) is 0 Å². The molecule has 0 saturated heterocycles. The molecule has 5 atom stereocenters. The van der Waals surface area contributed by atoms with Gasteiger partial charge < -0.3 is 33.8 Å². The number of unbranched alkanes of at least 4 members (excludes halogenated alkanes) is 36. The third-order valence-electron chi connectivity index (χ3n) is 16.6. The Bertz CT molecular complexity index is 2140. The van der Waals surface area contributed by atoms with Crippen LogP contribution in [0.2, 0.25) is 0 Å². The smallest absolute Gasteiger partial charge is 0.462 e. The van der Waals surface area contributed by atoms with Crippen molar-refractivity contribution in [3.63, 3.8) is 0 Å². The molecule has 3 N–H and O–H groups in total. The molecule has 0 aliphatic heterocycles. The highest BCUT2D eigenvalue weighted by atomic mass is 31.2. The quantitative estimate of drug-likeness (QED) is 0.0169. The molecule has 5 unspecified atom stereocenters. The maximum atomic E-state index is 13.1. The monoisotopic (exact) mass is 1420 g/mol. The second kappa shape index (κ2) is 71.9. The van der Waals surface area contributed by atoms with Crippen molar-refractivity contribution in [2.45, 2.75) is 367 Å². The Kier molecular flexibility index (Phi) is 69.3. The summed E-state index contributed by atoms with van der Waals surface area (Å²) in [4.78, 5) is 72.8. The van der Waals surface area contributed by atoms with Crippen LogP contribution in [0.5, 0.6) is 0 Å². The summed E-state index contributed by atoms with van der Waals surface area (Å²) in [6.07, 6.45) is 71.7. The van der Waals surface area contributed by atoms with Crippen LogP contribution in [0.1, 0.15) is 349 Å². The van der Waals surface area contributed by atoms with E-state index in [1.165, 1.54) is 103 Å². The number of carbonyl (C=O) groups is 4. The van der Waals surface area contributed by atoms with Crippen LogP contribution in [0.3, 0.4) is 0 Å². The van der Waals surface area contributed by atoms with Crippen LogP contribution in [0, 0.1) is 0 Å². The average Bonchev–Trinajstić information content (AvgIpc) is 0.973. The Balaban J connectivity index is 5.29. The van der Waals surface area contributed by atoms with Gasteiger partial charge in [-0.1, -0.05) is 287 Å². The van der Waals surface area contributed by atoms with Crippen molar-refractivity contribution in [3.05, 3.63) is 72.9 Å². The fraction of sp³-hybridized carbons (Fsp3) is 0.797. The van der Waals surface area contributed by atoms with Gasteiger partial charge in [0.25, 0.3) is 0 Å². The van der Waals surface area contributed by atoms with Crippen LogP contribution in [0.4, 0.5) is 0 Å². The number of rotatable bonds is 74. The Morgan fingerprint density at radius 2 is 0.531 bits per heavy atom. The highest BCUT2D eigenvalue weighted by Gasteiger charge is 2.30. The van der Waals surface area contributed by atoms with Crippen LogP contribution in [0.15, 0.2) is 72.9 Å². The summed E-state index contributed by atoms with van der Waals surface area (Å²) in [5.41, 5.74) is 0. The minimum atomic E-state index is -4.98. The van der Waals surface area contributed by atoms with E-state index in [1.54, 1.807) is 0 Å². The number of hydrogen-bond donors (Lipinski definition) is 3. The zero-order valence-corrected chi connectivity index (χ0v) is 64.0. The van der Waals surface area contributed by atoms with Crippen molar-refractivity contribution in [1.29, 1.82) is 0 Å². The Morgan fingerprint density at radius 3 is 0.867 bits per heavy atom. The van der Waals surface area contributed by atoms with Crippen molar-refractivity contribution in [2.24, 2.45) is 0 Å². The highest BCUT2D eigenvalue weighted by Crippen LogP contribution is 2.45. The number of phosphoric acid groups is 2. The lowest BCUT2D eigenvalue weighted by Gasteiger charge is -2.21. The van der Waals surface area contributed by atoms with Crippen molar-refractivity contribution in [1.82, 2.24) is 0 Å². The molecule has 0 radical (unpaired) electrons. The van der Waals surface area contributed by atoms with E-state index in [4.69, 9.17) is 37.0 Å². The standard InChI is InChI=1S/C79H142O17P2/c1-5-9-13-17-21-25-29-32-34-35-36-37-39-42-45-48-52-56-60-64-77(82)90-70-75(96-79(84)66-62-58-54-50-46-40-31-27-23-19-15-11-7-3)72-94-98(87,88)92-68-73(80)67-91-97(85,86)93-71-74(95-78(83)65-61-57-53-49-43-28-24-20-16-12-8-4)69-89-76(81)63-59-55-51-47-44-41-38-33-30-26-22-18-14-10-6-2/h15,19-21,24-25,27,31-32,34,36-37,73-75,80H,5-14,16-18,22-23,26,28-30,33,35,38-72H2,1-4H3,(H,85,86)(H,87,88)/b19-15-,24-20-,25-21-,31-27-,34-32-,37-36-. The molecule has 0 spiro atoms. The van der Waals surface area contributed by atoms with E-state index in [0.29, 0.717) is 25.7 Å². The van der Waals surface area contributed by atoms with Gasteiger partial charge >= 0.3 is 39.5 Å². The molecule has 17 nitrogen and oxygen atoms in total. The van der Waals surface area contributed by atoms with Gasteiger partial charge in [-0.05, 0) is 109 Å². The minimum Gasteiger partial charge on any atom is -0.462 e. The van der Waals surface area contributed by atoms with Crippen molar-refractivity contribution < 1.29 is 80.2 Å². The zero-order valence-electron chi connectivity index (χ0n) is 62.2. The lowest BCUT2D eigenvalue weighted by Crippen LogP contribution is -2.30. The van der Waals surface area contributed by atoms with E-state index in [-0.39, 0.29) is 25.7 Å². The van der Waals surface area contributed by atoms with Crippen LogP contribution in [-0.2, 0) is 65.4 Å². The largest absolute Gasteiger partial charge is 0.472 e. The molecule has 0 aliphatic rings. The molecular formula is C79H142O17P2. The first kappa shape index (κ1) is 94.5. The SMILES string of the molecule is CCC/C=C\C/C=C\CCCCCCCC(=O)OC(COC(=O)CCCCCCCC/C=C\C/C=C\C/C=C\CCCCC)COP(=O)(O)OCC(O)COP(=O)(O)OCC(COC(=O)CCCCCCCCCCCCCCCCC)OC(=O)CCCCCCC/C=C\CCCC. The maximum Gasteiger partial charge on any atom is 0.472 e. The van der Waals surface area contributed by atoms with Gasteiger partial charge in [-0.3, -0.25) is 37.3 Å². The number of allylic oxidation sites excluding steroid dienone is 12. The Labute approximate surface area is 596 Å². The number of hydrogen-bond acceptors (Lipinski definition) is 15. The summed E-state index contributed by atoms with van der Waals surface area (Å²) < 4.78 is 68.5. The molecule has 570 valence electrons. The van der Waals surface area contributed by atoms with E-state index < -0.39 is 97.5 Å². The van der Waals surface area contributed by atoms with Gasteiger partial charge in [0, 0.05) is 25.7 Å². The first-order valence-corrected chi connectivity index (χ1v) is 42.2. The lowest BCUT2D eigenvalue weighted by molar-refractivity contribution is -0.161. The molecule has 0 aromatic heterocycles. The molecule has 0 rings (SSSR count). The third-order valence-corrected chi connectivity index (χ3v) is 18.5. The Hall–Kier alpha value is -3.50. The summed E-state index contributed by atoms with van der Waals surface area (Å²) in [7, 11) is -9.94. The molecule has 0 heterocycles. The summed E-state index contributed by atoms with van der Waals surface area (Å²) in [6, 6.07) is 0. The van der Waals surface area contributed by atoms with E-state index in [1.807, 2.05) is 0 Å². The number of ether oxygens (including phenoxy) is 4. The van der Waals surface area contributed by atoms with Gasteiger partial charge in [0.2, 0.25) is 0 Å². The Morgan fingerprint density at radius 1 is 0.286 bits per heavy atom. The van der Waals surface area contributed by atoms with Crippen molar-refractivity contribution in [2.75, 3.05) is 39.6 Å². The number of esters is 4. The zero-order chi connectivity index (χ0) is 71.8. The van der Waals surface area contributed by atoms with E-state index in [0.717, 1.165) is 167 Å². The third kappa shape index (κ3) is 70.9. The fourth-order valence-electron chi connectivity index (χ4n) is 10.6. The highest BCUT2D eigenvalue weighted by molar-refractivity contribution is 7.47.